The Hall–Kier alpha value is 0.0200. The second-order valence-corrected chi connectivity index (χ2v) is 8.82. The van der Waals surface area contributed by atoms with Gasteiger partial charge in [0.1, 0.15) is 10.7 Å². The van der Waals surface area contributed by atoms with E-state index in [2.05, 4.69) is 36.6 Å². The molecule has 0 bridgehead atoms. The Labute approximate surface area is 130 Å². The van der Waals surface area contributed by atoms with Gasteiger partial charge in [-0.1, -0.05) is 20.8 Å². The van der Waals surface area contributed by atoms with E-state index in [0.29, 0.717) is 13.0 Å². The predicted molar refractivity (Wildman–Crippen MR) is 81.1 cm³/mol. The van der Waals surface area contributed by atoms with Crippen molar-refractivity contribution in [2.75, 3.05) is 6.54 Å². The van der Waals surface area contributed by atoms with Gasteiger partial charge in [-0.3, -0.25) is 0 Å². The Morgan fingerprint density at radius 1 is 1.21 bits per heavy atom. The van der Waals surface area contributed by atoms with Crippen LogP contribution in [0.1, 0.15) is 27.2 Å². The highest BCUT2D eigenvalue weighted by Crippen LogP contribution is 2.31. The summed E-state index contributed by atoms with van der Waals surface area (Å²) in [7, 11) is -3.67. The summed E-state index contributed by atoms with van der Waals surface area (Å²) in [5.74, 6) is -0.507. The highest BCUT2D eigenvalue weighted by molar-refractivity contribution is 9.11. The Kier molecular flexibility index (Phi) is 5.57. The molecule has 1 aromatic rings. The normalized spacial score (nSPS) is 12.7. The molecule has 0 saturated heterocycles. The van der Waals surface area contributed by atoms with Gasteiger partial charge in [0.15, 0.2) is 0 Å². The van der Waals surface area contributed by atoms with Crippen molar-refractivity contribution in [1.82, 2.24) is 4.72 Å². The third-order valence-corrected chi connectivity index (χ3v) is 5.74. The zero-order valence-corrected chi connectivity index (χ0v) is 14.9. The lowest BCUT2D eigenvalue weighted by atomic mass is 9.93. The molecule has 0 aliphatic rings. The first-order valence-electron chi connectivity index (χ1n) is 5.67. The zero-order chi connectivity index (χ0) is 14.8. The van der Waals surface area contributed by atoms with Gasteiger partial charge in [-0.25, -0.2) is 17.5 Å². The average Bonchev–Trinajstić information content (AvgIpc) is 2.11. The smallest absolute Gasteiger partial charge is 0.211 e. The number of nitrogens with one attached hydrogen (secondary N) is 1. The van der Waals surface area contributed by atoms with Crippen molar-refractivity contribution in [3.05, 3.63) is 26.9 Å². The van der Waals surface area contributed by atoms with Crippen molar-refractivity contribution in [3.8, 4) is 0 Å². The number of halogens is 3. The molecule has 0 aliphatic carbocycles. The van der Waals surface area contributed by atoms with Crippen molar-refractivity contribution in [2.45, 2.75) is 32.1 Å². The number of sulfonamides is 1. The molecule has 1 aromatic carbocycles. The van der Waals surface area contributed by atoms with E-state index >= 15 is 0 Å². The quantitative estimate of drug-likeness (QED) is 0.804. The van der Waals surface area contributed by atoms with Crippen LogP contribution in [0.3, 0.4) is 0 Å². The van der Waals surface area contributed by atoms with E-state index in [9.17, 15) is 12.8 Å². The number of benzene rings is 1. The molecule has 0 amide bonds. The fourth-order valence-corrected chi connectivity index (χ4v) is 4.97. The van der Waals surface area contributed by atoms with E-state index < -0.39 is 15.8 Å². The van der Waals surface area contributed by atoms with Crippen LogP contribution in [-0.2, 0) is 10.0 Å². The van der Waals surface area contributed by atoms with Crippen molar-refractivity contribution in [1.29, 1.82) is 0 Å². The minimum atomic E-state index is -3.67. The molecule has 7 heteroatoms. The van der Waals surface area contributed by atoms with Gasteiger partial charge in [0.2, 0.25) is 10.0 Å². The topological polar surface area (TPSA) is 46.2 Å². The summed E-state index contributed by atoms with van der Waals surface area (Å²) < 4.78 is 40.4. The fraction of sp³-hybridized carbons (Fsp3) is 0.500. The minimum absolute atomic E-state index is 0.0165. The second-order valence-electron chi connectivity index (χ2n) is 5.41. The summed E-state index contributed by atoms with van der Waals surface area (Å²) in [5, 5.41) is 0. The molecule has 0 aromatic heterocycles. The monoisotopic (exact) mass is 415 g/mol. The van der Waals surface area contributed by atoms with Crippen LogP contribution in [0, 0.1) is 11.2 Å². The van der Waals surface area contributed by atoms with Gasteiger partial charge in [-0.2, -0.15) is 0 Å². The van der Waals surface area contributed by atoms with E-state index in [0.717, 1.165) is 12.1 Å². The first kappa shape index (κ1) is 17.1. The molecule has 3 nitrogen and oxygen atoms in total. The Bertz CT molecular complexity index is 545. The van der Waals surface area contributed by atoms with E-state index in [1.807, 2.05) is 20.8 Å². The highest BCUT2D eigenvalue weighted by Gasteiger charge is 2.22. The summed E-state index contributed by atoms with van der Waals surface area (Å²) >= 11 is 6.15. The predicted octanol–water partition coefficient (Wildman–Crippen LogP) is 4.07. The fourth-order valence-electron chi connectivity index (χ4n) is 1.42. The zero-order valence-electron chi connectivity index (χ0n) is 10.9. The largest absolute Gasteiger partial charge is 0.242 e. The van der Waals surface area contributed by atoms with Crippen LogP contribution < -0.4 is 4.72 Å². The van der Waals surface area contributed by atoms with Crippen LogP contribution in [0.5, 0.6) is 0 Å². The summed E-state index contributed by atoms with van der Waals surface area (Å²) in [6.45, 7) is 6.43. The Morgan fingerprint density at radius 2 is 1.68 bits per heavy atom. The van der Waals surface area contributed by atoms with Crippen LogP contribution in [-0.4, -0.2) is 15.0 Å². The van der Waals surface area contributed by atoms with Crippen LogP contribution in [0.2, 0.25) is 0 Å². The van der Waals surface area contributed by atoms with E-state index in [-0.39, 0.29) is 19.3 Å². The van der Waals surface area contributed by atoms with Gasteiger partial charge in [0.25, 0.3) is 0 Å². The van der Waals surface area contributed by atoms with Crippen molar-refractivity contribution in [2.24, 2.45) is 5.41 Å². The third kappa shape index (κ3) is 5.13. The Balaban J connectivity index is 2.96. The molecule has 0 saturated carbocycles. The molecule has 108 valence electrons. The lowest BCUT2D eigenvalue weighted by molar-refractivity contribution is 0.378. The third-order valence-electron chi connectivity index (χ3n) is 2.40. The SMILES string of the molecule is CC(C)(C)CCNS(=O)(=O)c1c(Br)cc(F)cc1Br. The first-order valence-corrected chi connectivity index (χ1v) is 8.74. The molecule has 0 atom stereocenters. The lowest BCUT2D eigenvalue weighted by Crippen LogP contribution is -2.28. The maximum atomic E-state index is 13.1. The van der Waals surface area contributed by atoms with Crippen LogP contribution in [0.15, 0.2) is 26.0 Å². The minimum Gasteiger partial charge on any atom is -0.211 e. The number of rotatable bonds is 4. The number of hydrogen-bond acceptors (Lipinski definition) is 2. The van der Waals surface area contributed by atoms with Gasteiger partial charge in [0, 0.05) is 15.5 Å². The van der Waals surface area contributed by atoms with Crippen molar-refractivity contribution in [3.63, 3.8) is 0 Å². The molecule has 0 radical (unpaired) electrons. The highest BCUT2D eigenvalue weighted by atomic mass is 79.9. The molecule has 0 unspecified atom stereocenters. The average molecular weight is 417 g/mol. The van der Waals surface area contributed by atoms with Crippen LogP contribution in [0.4, 0.5) is 4.39 Å². The summed E-state index contributed by atoms with van der Waals surface area (Å²) in [6.07, 6.45) is 0.711. The molecule has 0 aliphatic heterocycles. The maximum Gasteiger partial charge on any atom is 0.242 e. The molecule has 1 N–H and O–H groups in total. The van der Waals surface area contributed by atoms with Gasteiger partial charge in [0.05, 0.1) is 0 Å². The molecule has 0 spiro atoms. The van der Waals surface area contributed by atoms with Gasteiger partial charge in [-0.05, 0) is 55.8 Å². The molecule has 19 heavy (non-hydrogen) atoms. The molecule has 1 rings (SSSR count). The molecule has 0 fully saturated rings. The van der Waals surface area contributed by atoms with Crippen molar-refractivity contribution >= 4 is 41.9 Å². The van der Waals surface area contributed by atoms with Gasteiger partial charge in [-0.15, -0.1) is 0 Å². The first-order chi connectivity index (χ1) is 8.53. The van der Waals surface area contributed by atoms with Crippen LogP contribution >= 0.6 is 31.9 Å². The van der Waals surface area contributed by atoms with Gasteiger partial charge >= 0.3 is 0 Å². The van der Waals surface area contributed by atoms with Gasteiger partial charge < -0.3 is 0 Å². The Morgan fingerprint density at radius 3 is 2.11 bits per heavy atom. The molecule has 0 heterocycles. The standard InChI is InChI=1S/C12H16Br2FNO2S/c1-12(2,3)4-5-16-19(17,18)11-9(13)6-8(15)7-10(11)14/h6-7,16H,4-5H2,1-3H3. The van der Waals surface area contributed by atoms with E-state index in [4.69, 9.17) is 0 Å². The van der Waals surface area contributed by atoms with Crippen LogP contribution in [0.25, 0.3) is 0 Å². The second kappa shape index (κ2) is 6.20. The lowest BCUT2D eigenvalue weighted by Gasteiger charge is -2.18. The molecular formula is C12H16Br2FNO2S. The van der Waals surface area contributed by atoms with Crippen molar-refractivity contribution < 1.29 is 12.8 Å². The maximum absolute atomic E-state index is 13.1. The molecular weight excluding hydrogens is 401 g/mol. The summed E-state index contributed by atoms with van der Waals surface area (Å²) in [4.78, 5) is 0.0165. The summed E-state index contributed by atoms with van der Waals surface area (Å²) in [5.41, 5.74) is 0.0414. The van der Waals surface area contributed by atoms with E-state index in [1.165, 1.54) is 0 Å². The number of hydrogen-bond donors (Lipinski definition) is 1. The van der Waals surface area contributed by atoms with E-state index in [1.54, 1.807) is 0 Å². The summed E-state index contributed by atoms with van der Waals surface area (Å²) in [6, 6.07) is 2.26.